The van der Waals surface area contributed by atoms with Crippen LogP contribution in [0.1, 0.15) is 53.4 Å². The Balaban J connectivity index is 2.20. The van der Waals surface area contributed by atoms with Crippen molar-refractivity contribution in [1.82, 2.24) is 0 Å². The van der Waals surface area contributed by atoms with E-state index in [0.717, 1.165) is 36.1 Å². The van der Waals surface area contributed by atoms with Gasteiger partial charge in [0.15, 0.2) is 0 Å². The molecule has 0 saturated carbocycles. The largest absolute Gasteiger partial charge is 0.481 e. The third kappa shape index (κ3) is 3.65. The molecule has 1 aromatic rings. The average Bonchev–Trinajstić information content (AvgIpc) is 2.81. The van der Waals surface area contributed by atoms with Crippen LogP contribution in [0.3, 0.4) is 0 Å². The van der Waals surface area contributed by atoms with Gasteiger partial charge in [-0.05, 0) is 30.7 Å². The summed E-state index contributed by atoms with van der Waals surface area (Å²) in [6.45, 7) is 2.15. The van der Waals surface area contributed by atoms with Gasteiger partial charge in [-0.2, -0.15) is 0 Å². The Hall–Kier alpha value is -1.89. The lowest BCUT2D eigenvalue weighted by Gasteiger charge is -2.20. The standard InChI is InChI=1S/C15H20N2O4S/c1-2-8-3-4-9-10(7-8)22-15(13(9)14(16)21)17-11(18)5-6-12(19)20/h8H,2-7H2,1H3,(H2,16,21)(H,17,18)(H,19,20). The number of fused-ring (bicyclic) bond motifs is 1. The summed E-state index contributed by atoms with van der Waals surface area (Å²) in [7, 11) is 0. The molecule has 0 aromatic carbocycles. The molecule has 1 aliphatic carbocycles. The van der Waals surface area contributed by atoms with Crippen molar-refractivity contribution in [3.05, 3.63) is 16.0 Å². The third-order valence-corrected chi connectivity index (χ3v) is 5.18. The molecular weight excluding hydrogens is 304 g/mol. The van der Waals surface area contributed by atoms with Gasteiger partial charge in [-0.1, -0.05) is 13.3 Å². The van der Waals surface area contributed by atoms with Gasteiger partial charge in [-0.25, -0.2) is 0 Å². The van der Waals surface area contributed by atoms with E-state index in [1.54, 1.807) is 0 Å². The maximum atomic E-state index is 11.8. The van der Waals surface area contributed by atoms with Crippen molar-refractivity contribution in [2.45, 2.75) is 45.4 Å². The minimum Gasteiger partial charge on any atom is -0.481 e. The number of carboxylic acids is 1. The second kappa shape index (κ2) is 6.91. The summed E-state index contributed by atoms with van der Waals surface area (Å²) in [6, 6.07) is 0. The number of nitrogens with two attached hydrogens (primary N) is 1. The predicted molar refractivity (Wildman–Crippen MR) is 84.1 cm³/mol. The number of anilines is 1. The van der Waals surface area contributed by atoms with Crippen LogP contribution in [0.25, 0.3) is 0 Å². The van der Waals surface area contributed by atoms with Gasteiger partial charge in [0.2, 0.25) is 5.91 Å². The zero-order valence-electron chi connectivity index (χ0n) is 12.5. The van der Waals surface area contributed by atoms with E-state index in [0.29, 0.717) is 16.5 Å². The highest BCUT2D eigenvalue weighted by Crippen LogP contribution is 2.40. The molecule has 7 heteroatoms. The molecule has 120 valence electrons. The number of hydrogen-bond donors (Lipinski definition) is 3. The zero-order valence-corrected chi connectivity index (χ0v) is 13.3. The summed E-state index contributed by atoms with van der Waals surface area (Å²) < 4.78 is 0. The second-order valence-electron chi connectivity index (χ2n) is 5.53. The van der Waals surface area contributed by atoms with Crippen molar-refractivity contribution in [2.24, 2.45) is 11.7 Å². The predicted octanol–water partition coefficient (Wildman–Crippen LogP) is 2.17. The van der Waals surface area contributed by atoms with Crippen LogP contribution in [-0.2, 0) is 22.4 Å². The third-order valence-electron chi connectivity index (χ3n) is 4.01. The summed E-state index contributed by atoms with van der Waals surface area (Å²) in [4.78, 5) is 35.2. The molecule has 4 N–H and O–H groups in total. The summed E-state index contributed by atoms with van der Waals surface area (Å²) >= 11 is 1.39. The van der Waals surface area contributed by atoms with Crippen LogP contribution < -0.4 is 11.1 Å². The van der Waals surface area contributed by atoms with E-state index in [9.17, 15) is 14.4 Å². The first kappa shape index (κ1) is 16.5. The summed E-state index contributed by atoms with van der Waals surface area (Å²) in [6.07, 6.45) is 3.46. The van der Waals surface area contributed by atoms with E-state index in [1.165, 1.54) is 11.3 Å². The van der Waals surface area contributed by atoms with Gasteiger partial charge >= 0.3 is 5.97 Å². The number of amides is 2. The van der Waals surface area contributed by atoms with Gasteiger partial charge < -0.3 is 16.2 Å². The van der Waals surface area contributed by atoms with E-state index < -0.39 is 17.8 Å². The number of aliphatic carboxylic acids is 1. The first-order valence-electron chi connectivity index (χ1n) is 7.38. The molecule has 6 nitrogen and oxygen atoms in total. The zero-order chi connectivity index (χ0) is 16.3. The van der Waals surface area contributed by atoms with Crippen LogP contribution >= 0.6 is 11.3 Å². The fourth-order valence-electron chi connectivity index (χ4n) is 2.76. The van der Waals surface area contributed by atoms with Gasteiger partial charge in [-0.3, -0.25) is 14.4 Å². The molecule has 0 fully saturated rings. The van der Waals surface area contributed by atoms with Gasteiger partial charge in [-0.15, -0.1) is 11.3 Å². The molecule has 2 amide bonds. The summed E-state index contributed by atoms with van der Waals surface area (Å²) in [5, 5.41) is 11.7. The SMILES string of the molecule is CCC1CCc2c(sc(NC(=O)CCC(=O)O)c2C(N)=O)C1. The molecule has 0 saturated heterocycles. The lowest BCUT2D eigenvalue weighted by molar-refractivity contribution is -0.138. The second-order valence-corrected chi connectivity index (χ2v) is 6.64. The van der Waals surface area contributed by atoms with E-state index >= 15 is 0 Å². The van der Waals surface area contributed by atoms with Crippen LogP contribution in [-0.4, -0.2) is 22.9 Å². The van der Waals surface area contributed by atoms with E-state index in [4.69, 9.17) is 10.8 Å². The van der Waals surface area contributed by atoms with E-state index in [-0.39, 0.29) is 12.8 Å². The Bertz CT molecular complexity index is 609. The highest BCUT2D eigenvalue weighted by Gasteiger charge is 2.28. The molecule has 1 unspecified atom stereocenters. The van der Waals surface area contributed by atoms with Crippen molar-refractivity contribution >= 4 is 34.1 Å². The van der Waals surface area contributed by atoms with Gasteiger partial charge in [0.25, 0.3) is 5.91 Å². The normalized spacial score (nSPS) is 16.9. The first-order valence-corrected chi connectivity index (χ1v) is 8.20. The van der Waals surface area contributed by atoms with Gasteiger partial charge in [0.1, 0.15) is 5.00 Å². The molecule has 0 radical (unpaired) electrons. The number of hydrogen-bond acceptors (Lipinski definition) is 4. The Morgan fingerprint density at radius 1 is 1.36 bits per heavy atom. The number of carbonyl (C=O) groups excluding carboxylic acids is 2. The van der Waals surface area contributed by atoms with Crippen molar-refractivity contribution in [1.29, 1.82) is 0 Å². The smallest absolute Gasteiger partial charge is 0.303 e. The Morgan fingerprint density at radius 2 is 2.09 bits per heavy atom. The Labute approximate surface area is 132 Å². The van der Waals surface area contributed by atoms with Crippen LogP contribution in [0.15, 0.2) is 0 Å². The minimum absolute atomic E-state index is 0.117. The number of thiophene rings is 1. The quantitative estimate of drug-likeness (QED) is 0.745. The summed E-state index contributed by atoms with van der Waals surface area (Å²) in [5.74, 6) is -1.37. The van der Waals surface area contributed by atoms with Crippen molar-refractivity contribution < 1.29 is 19.5 Å². The van der Waals surface area contributed by atoms with Gasteiger partial charge in [0.05, 0.1) is 12.0 Å². The number of carbonyl (C=O) groups is 3. The Morgan fingerprint density at radius 3 is 2.68 bits per heavy atom. The van der Waals surface area contributed by atoms with Crippen molar-refractivity contribution in [3.8, 4) is 0 Å². The summed E-state index contributed by atoms with van der Waals surface area (Å²) in [5.41, 5.74) is 6.83. The topological polar surface area (TPSA) is 109 Å². The molecule has 0 bridgehead atoms. The maximum Gasteiger partial charge on any atom is 0.303 e. The number of rotatable bonds is 6. The van der Waals surface area contributed by atoms with E-state index in [1.807, 2.05) is 0 Å². The lowest BCUT2D eigenvalue weighted by atomic mass is 9.85. The minimum atomic E-state index is -1.03. The molecule has 1 atom stereocenters. The van der Waals surface area contributed by atoms with E-state index in [2.05, 4.69) is 12.2 Å². The molecule has 0 spiro atoms. The highest BCUT2D eigenvalue weighted by atomic mass is 32.1. The van der Waals surface area contributed by atoms with Gasteiger partial charge in [0, 0.05) is 11.3 Å². The lowest BCUT2D eigenvalue weighted by Crippen LogP contribution is -2.20. The fourth-order valence-corrected chi connectivity index (χ4v) is 4.14. The monoisotopic (exact) mass is 324 g/mol. The number of nitrogens with one attached hydrogen (secondary N) is 1. The highest BCUT2D eigenvalue weighted by molar-refractivity contribution is 7.17. The van der Waals surface area contributed by atoms with Crippen LogP contribution in [0.2, 0.25) is 0 Å². The van der Waals surface area contributed by atoms with Crippen molar-refractivity contribution in [3.63, 3.8) is 0 Å². The van der Waals surface area contributed by atoms with Crippen molar-refractivity contribution in [2.75, 3.05) is 5.32 Å². The van der Waals surface area contributed by atoms with Crippen LogP contribution in [0.5, 0.6) is 0 Å². The Kier molecular flexibility index (Phi) is 5.18. The average molecular weight is 324 g/mol. The number of primary amides is 1. The molecule has 0 aliphatic heterocycles. The molecule has 1 heterocycles. The maximum absolute atomic E-state index is 11.8. The fraction of sp³-hybridized carbons (Fsp3) is 0.533. The molecule has 1 aliphatic rings. The number of carboxylic acid groups (broad SMARTS) is 1. The molecule has 22 heavy (non-hydrogen) atoms. The molecule has 1 aromatic heterocycles. The molecular formula is C15H20N2O4S. The van der Waals surface area contributed by atoms with Crippen LogP contribution in [0, 0.1) is 5.92 Å². The molecule has 2 rings (SSSR count). The van der Waals surface area contributed by atoms with Crippen LogP contribution in [0.4, 0.5) is 5.00 Å². The first-order chi connectivity index (χ1) is 10.4.